The Morgan fingerprint density at radius 1 is 1.12 bits per heavy atom. The Kier molecular flexibility index (Phi) is 3.42. The zero-order valence-corrected chi connectivity index (χ0v) is 14.7. The van der Waals surface area contributed by atoms with Gasteiger partial charge < -0.3 is 4.57 Å². The van der Waals surface area contributed by atoms with Crippen molar-refractivity contribution in [1.82, 2.24) is 9.29 Å². The van der Waals surface area contributed by atoms with Gasteiger partial charge in [0, 0.05) is 7.05 Å². The number of nitrogens with zero attached hydrogens (tertiary/aromatic N) is 1. The number of sulfonamides is 1. The predicted molar refractivity (Wildman–Crippen MR) is 94.7 cm³/mol. The summed E-state index contributed by atoms with van der Waals surface area (Å²) < 4.78 is 30.7. The van der Waals surface area contributed by atoms with Gasteiger partial charge in [0.1, 0.15) is 0 Å². The van der Waals surface area contributed by atoms with E-state index < -0.39 is 15.6 Å². The fourth-order valence-corrected chi connectivity index (χ4v) is 5.40. The monoisotopic (exact) mass is 360 g/mol. The van der Waals surface area contributed by atoms with Crippen molar-refractivity contribution in [3.05, 3.63) is 63.8 Å². The molecule has 2 aromatic carbocycles. The first-order chi connectivity index (χ1) is 11.4. The molecule has 5 nitrogen and oxygen atoms in total. The van der Waals surface area contributed by atoms with Crippen LogP contribution in [0.25, 0.3) is 10.2 Å². The smallest absolute Gasteiger partial charge is 0.302 e. The molecule has 0 aliphatic heterocycles. The van der Waals surface area contributed by atoms with Crippen LogP contribution in [-0.4, -0.2) is 13.0 Å². The predicted octanol–water partition coefficient (Wildman–Crippen LogP) is 2.57. The largest absolute Gasteiger partial charge is 0.307 e. The maximum absolute atomic E-state index is 12.8. The quantitative estimate of drug-likeness (QED) is 0.777. The van der Waals surface area contributed by atoms with Crippen molar-refractivity contribution in [2.24, 2.45) is 7.05 Å². The summed E-state index contributed by atoms with van der Waals surface area (Å²) in [5.74, 6) is 0. The highest BCUT2D eigenvalue weighted by atomic mass is 32.2. The molecule has 1 aromatic heterocycles. The first kappa shape index (κ1) is 15.6. The Labute approximate surface area is 143 Å². The van der Waals surface area contributed by atoms with E-state index in [0.29, 0.717) is 4.70 Å². The molecule has 1 aliphatic rings. The lowest BCUT2D eigenvalue weighted by atomic mass is 10.1. The average Bonchev–Trinajstić information content (AvgIpc) is 3.29. The van der Waals surface area contributed by atoms with Gasteiger partial charge >= 0.3 is 4.87 Å². The Morgan fingerprint density at radius 3 is 2.50 bits per heavy atom. The van der Waals surface area contributed by atoms with Crippen LogP contribution in [0.5, 0.6) is 0 Å². The Hall–Kier alpha value is -1.96. The van der Waals surface area contributed by atoms with Crippen molar-refractivity contribution in [2.45, 2.75) is 23.3 Å². The Balaban J connectivity index is 1.72. The van der Waals surface area contributed by atoms with Gasteiger partial charge in [-0.05, 0) is 36.6 Å². The molecule has 1 fully saturated rings. The Morgan fingerprint density at radius 2 is 1.83 bits per heavy atom. The number of benzene rings is 2. The van der Waals surface area contributed by atoms with E-state index >= 15 is 0 Å². The van der Waals surface area contributed by atoms with Crippen molar-refractivity contribution in [3.8, 4) is 0 Å². The number of rotatable bonds is 4. The van der Waals surface area contributed by atoms with Crippen LogP contribution in [0, 0.1) is 0 Å². The SMILES string of the molecule is Cn1c(=O)sc2cc(S(=O)(=O)NC3(c4ccccc4)CC3)ccc21. The zero-order chi connectivity index (χ0) is 16.9. The zero-order valence-electron chi connectivity index (χ0n) is 13.0. The minimum absolute atomic E-state index is 0.101. The third-order valence-electron chi connectivity index (χ3n) is 4.48. The highest BCUT2D eigenvalue weighted by Gasteiger charge is 2.47. The van der Waals surface area contributed by atoms with Crippen LogP contribution in [0.1, 0.15) is 18.4 Å². The molecule has 4 rings (SSSR count). The van der Waals surface area contributed by atoms with Crippen LogP contribution in [0.2, 0.25) is 0 Å². The fraction of sp³-hybridized carbons (Fsp3) is 0.235. The van der Waals surface area contributed by atoms with E-state index in [0.717, 1.165) is 35.3 Å². The van der Waals surface area contributed by atoms with Crippen molar-refractivity contribution in [1.29, 1.82) is 0 Å². The van der Waals surface area contributed by atoms with Gasteiger partial charge in [0.05, 0.1) is 20.7 Å². The lowest BCUT2D eigenvalue weighted by Gasteiger charge is -2.18. The first-order valence-electron chi connectivity index (χ1n) is 7.60. The van der Waals surface area contributed by atoms with Gasteiger partial charge in [-0.3, -0.25) is 4.79 Å². The van der Waals surface area contributed by atoms with Crippen LogP contribution in [0.3, 0.4) is 0 Å². The molecule has 0 unspecified atom stereocenters. The summed E-state index contributed by atoms with van der Waals surface area (Å²) >= 11 is 1.05. The normalized spacial score (nSPS) is 16.4. The van der Waals surface area contributed by atoms with Crippen molar-refractivity contribution in [2.75, 3.05) is 0 Å². The fourth-order valence-electron chi connectivity index (χ4n) is 2.93. The second kappa shape index (κ2) is 5.27. The van der Waals surface area contributed by atoms with Crippen molar-refractivity contribution >= 4 is 31.6 Å². The van der Waals surface area contributed by atoms with E-state index in [1.54, 1.807) is 25.2 Å². The number of aromatic nitrogens is 1. The van der Waals surface area contributed by atoms with Gasteiger partial charge in [0.15, 0.2) is 0 Å². The molecule has 3 aromatic rings. The molecule has 7 heteroatoms. The van der Waals surface area contributed by atoms with Crippen LogP contribution < -0.4 is 9.60 Å². The first-order valence-corrected chi connectivity index (χ1v) is 9.90. The summed E-state index contributed by atoms with van der Waals surface area (Å²) in [6.07, 6.45) is 1.58. The standard InChI is InChI=1S/C17H16N2O3S2/c1-19-14-8-7-13(11-15(14)23-16(19)20)24(21,22)18-17(9-10-17)12-5-3-2-4-6-12/h2-8,11,18H,9-10H2,1H3. The number of fused-ring (bicyclic) bond motifs is 1. The van der Waals surface area contributed by atoms with Crippen molar-refractivity contribution < 1.29 is 8.42 Å². The van der Waals surface area contributed by atoms with Crippen LogP contribution in [-0.2, 0) is 22.6 Å². The van der Waals surface area contributed by atoms with E-state index in [9.17, 15) is 13.2 Å². The molecule has 0 saturated heterocycles. The number of hydrogen-bond acceptors (Lipinski definition) is 4. The van der Waals surface area contributed by atoms with E-state index in [1.165, 1.54) is 4.57 Å². The molecule has 1 aliphatic carbocycles. The second-order valence-electron chi connectivity index (χ2n) is 6.11. The van der Waals surface area contributed by atoms with Gasteiger partial charge in [-0.25, -0.2) is 13.1 Å². The minimum atomic E-state index is -3.65. The number of hydrogen-bond donors (Lipinski definition) is 1. The van der Waals surface area contributed by atoms with Gasteiger partial charge in [-0.2, -0.15) is 0 Å². The van der Waals surface area contributed by atoms with Gasteiger partial charge in [0.25, 0.3) is 0 Å². The maximum atomic E-state index is 12.8. The molecule has 0 spiro atoms. The summed E-state index contributed by atoms with van der Waals surface area (Å²) in [4.78, 5) is 11.8. The van der Waals surface area contributed by atoms with E-state index in [-0.39, 0.29) is 9.77 Å². The second-order valence-corrected chi connectivity index (χ2v) is 8.79. The van der Waals surface area contributed by atoms with Gasteiger partial charge in [0.2, 0.25) is 10.0 Å². The average molecular weight is 360 g/mol. The lowest BCUT2D eigenvalue weighted by molar-refractivity contribution is 0.552. The number of thiazole rings is 1. The summed E-state index contributed by atoms with van der Waals surface area (Å²) in [7, 11) is -1.97. The molecular weight excluding hydrogens is 344 g/mol. The summed E-state index contributed by atoms with van der Waals surface area (Å²) in [6.45, 7) is 0. The molecule has 124 valence electrons. The van der Waals surface area contributed by atoms with Crippen molar-refractivity contribution in [3.63, 3.8) is 0 Å². The van der Waals surface area contributed by atoms with E-state index in [1.807, 2.05) is 30.3 Å². The van der Waals surface area contributed by atoms with Gasteiger partial charge in [-0.1, -0.05) is 41.7 Å². The highest BCUT2D eigenvalue weighted by molar-refractivity contribution is 7.89. The molecule has 0 amide bonds. The third kappa shape index (κ3) is 2.49. The Bertz CT molecular complexity index is 1080. The van der Waals surface area contributed by atoms with Crippen LogP contribution in [0.4, 0.5) is 0 Å². The molecule has 1 saturated carbocycles. The summed E-state index contributed by atoms with van der Waals surface area (Å²) in [5.41, 5.74) is 1.23. The summed E-state index contributed by atoms with van der Waals surface area (Å²) in [6, 6.07) is 14.4. The molecule has 0 atom stereocenters. The van der Waals surface area contributed by atoms with E-state index in [2.05, 4.69) is 4.72 Å². The summed E-state index contributed by atoms with van der Waals surface area (Å²) in [5, 5.41) is 0. The van der Waals surface area contributed by atoms with Crippen LogP contribution in [0.15, 0.2) is 58.2 Å². The van der Waals surface area contributed by atoms with Gasteiger partial charge in [-0.15, -0.1) is 0 Å². The molecule has 1 heterocycles. The molecule has 24 heavy (non-hydrogen) atoms. The van der Waals surface area contributed by atoms with Crippen LogP contribution >= 0.6 is 11.3 Å². The molecule has 1 N–H and O–H groups in total. The maximum Gasteiger partial charge on any atom is 0.307 e. The molecule has 0 radical (unpaired) electrons. The lowest BCUT2D eigenvalue weighted by Crippen LogP contribution is -2.34. The van der Waals surface area contributed by atoms with E-state index in [4.69, 9.17) is 0 Å². The number of aryl methyl sites for hydroxylation is 1. The number of nitrogens with one attached hydrogen (secondary N) is 1. The molecular formula is C17H16N2O3S2. The third-order valence-corrected chi connectivity index (χ3v) is 7.01. The minimum Gasteiger partial charge on any atom is -0.302 e. The highest BCUT2D eigenvalue weighted by Crippen LogP contribution is 2.46. The molecule has 0 bridgehead atoms. The topological polar surface area (TPSA) is 68.2 Å².